The predicted octanol–water partition coefficient (Wildman–Crippen LogP) is 1.11. The fourth-order valence-electron chi connectivity index (χ4n) is 3.41. The highest BCUT2D eigenvalue weighted by molar-refractivity contribution is 7.91. The molecule has 1 heterocycles. The first-order valence-corrected chi connectivity index (χ1v) is 10.1. The minimum Gasteiger partial charge on any atom is -0.389 e. The smallest absolute Gasteiger partial charge is 0.151 e. The lowest BCUT2D eigenvalue weighted by atomic mass is 9.85. The summed E-state index contributed by atoms with van der Waals surface area (Å²) in [5.41, 5.74) is 0. The van der Waals surface area contributed by atoms with E-state index in [9.17, 15) is 13.5 Å². The summed E-state index contributed by atoms with van der Waals surface area (Å²) in [6, 6.07) is -0.0114. The Morgan fingerprint density at radius 2 is 2.05 bits per heavy atom. The summed E-state index contributed by atoms with van der Waals surface area (Å²) in [7, 11) is -2.86. The van der Waals surface area contributed by atoms with Crippen LogP contribution in [0.4, 0.5) is 0 Å². The summed E-state index contributed by atoms with van der Waals surface area (Å²) < 4.78 is 28.6. The third-order valence-electron chi connectivity index (χ3n) is 4.74. The van der Waals surface area contributed by atoms with Crippen LogP contribution >= 0.6 is 0 Å². The molecule has 0 aromatic heterocycles. The molecule has 4 unspecified atom stereocenters. The molecule has 0 aromatic rings. The molecule has 0 spiro atoms. The minimum atomic E-state index is -2.86. The molecule has 0 radical (unpaired) electrons. The molecular formula is C15H29NO4S. The van der Waals surface area contributed by atoms with Crippen LogP contribution in [-0.2, 0) is 14.6 Å². The molecule has 0 bridgehead atoms. The van der Waals surface area contributed by atoms with Crippen LogP contribution in [0.1, 0.15) is 45.4 Å². The normalized spacial score (nSPS) is 33.9. The largest absolute Gasteiger partial charge is 0.389 e. The van der Waals surface area contributed by atoms with Crippen molar-refractivity contribution in [1.82, 2.24) is 5.32 Å². The lowest BCUT2D eigenvalue weighted by Crippen LogP contribution is -2.39. The zero-order valence-corrected chi connectivity index (χ0v) is 13.8. The van der Waals surface area contributed by atoms with E-state index in [0.717, 1.165) is 12.8 Å². The number of aliphatic hydroxyl groups is 1. The summed E-state index contributed by atoms with van der Waals surface area (Å²) in [4.78, 5) is 0. The topological polar surface area (TPSA) is 75.6 Å². The Bertz CT molecular complexity index is 412. The van der Waals surface area contributed by atoms with Crippen LogP contribution in [0.5, 0.6) is 0 Å². The molecule has 2 rings (SSSR count). The van der Waals surface area contributed by atoms with Gasteiger partial charge in [-0.3, -0.25) is 0 Å². The Morgan fingerprint density at radius 1 is 1.29 bits per heavy atom. The van der Waals surface area contributed by atoms with E-state index in [1.807, 2.05) is 0 Å². The van der Waals surface area contributed by atoms with Gasteiger partial charge in [0, 0.05) is 12.6 Å². The number of hydrogen-bond acceptors (Lipinski definition) is 5. The average molecular weight is 319 g/mol. The molecule has 2 fully saturated rings. The minimum absolute atomic E-state index is 0.0114. The Morgan fingerprint density at radius 3 is 2.71 bits per heavy atom. The molecule has 6 heteroatoms. The second-order valence-electron chi connectivity index (χ2n) is 6.49. The number of rotatable bonds is 7. The second kappa shape index (κ2) is 7.90. The van der Waals surface area contributed by atoms with Crippen LogP contribution in [0, 0.1) is 5.92 Å². The number of sulfone groups is 1. The van der Waals surface area contributed by atoms with E-state index >= 15 is 0 Å². The number of ether oxygens (including phenoxy) is 1. The van der Waals surface area contributed by atoms with Gasteiger partial charge in [-0.15, -0.1) is 0 Å². The summed E-state index contributed by atoms with van der Waals surface area (Å²) in [5.74, 6) is 1.08. The molecule has 0 amide bonds. The van der Waals surface area contributed by atoms with E-state index in [1.165, 1.54) is 19.3 Å². The molecule has 5 nitrogen and oxygen atoms in total. The SMILES string of the molecule is CCC1CCCCC1OCC(O)CNC1CCS(=O)(=O)C1. The van der Waals surface area contributed by atoms with Crippen LogP contribution in [0.15, 0.2) is 0 Å². The first kappa shape index (κ1) is 17.2. The fourth-order valence-corrected chi connectivity index (χ4v) is 5.12. The fraction of sp³-hybridized carbons (Fsp3) is 1.00. The molecular weight excluding hydrogens is 290 g/mol. The van der Waals surface area contributed by atoms with Crippen LogP contribution in [0.2, 0.25) is 0 Å². The summed E-state index contributed by atoms with van der Waals surface area (Å²) in [6.07, 6.45) is 6.34. The van der Waals surface area contributed by atoms with E-state index in [-0.39, 0.29) is 23.7 Å². The summed E-state index contributed by atoms with van der Waals surface area (Å²) >= 11 is 0. The van der Waals surface area contributed by atoms with Crippen molar-refractivity contribution in [3.63, 3.8) is 0 Å². The van der Waals surface area contributed by atoms with Crippen LogP contribution in [-0.4, -0.2) is 56.4 Å². The van der Waals surface area contributed by atoms with E-state index in [4.69, 9.17) is 4.74 Å². The Balaban J connectivity index is 1.64. The molecule has 4 atom stereocenters. The van der Waals surface area contributed by atoms with Gasteiger partial charge >= 0.3 is 0 Å². The van der Waals surface area contributed by atoms with Crippen molar-refractivity contribution in [2.45, 2.75) is 63.7 Å². The summed E-state index contributed by atoms with van der Waals surface area (Å²) in [6.45, 7) is 2.95. The van der Waals surface area contributed by atoms with Crippen molar-refractivity contribution < 1.29 is 18.3 Å². The highest BCUT2D eigenvalue weighted by Crippen LogP contribution is 2.29. The maximum absolute atomic E-state index is 11.4. The monoisotopic (exact) mass is 319 g/mol. The first-order chi connectivity index (χ1) is 10.00. The van der Waals surface area contributed by atoms with Crippen LogP contribution in [0.25, 0.3) is 0 Å². The zero-order valence-electron chi connectivity index (χ0n) is 13.0. The van der Waals surface area contributed by atoms with Gasteiger partial charge in [0.25, 0.3) is 0 Å². The van der Waals surface area contributed by atoms with Gasteiger partial charge in [-0.2, -0.15) is 0 Å². The van der Waals surface area contributed by atoms with Gasteiger partial charge in [0.1, 0.15) is 0 Å². The highest BCUT2D eigenvalue weighted by Gasteiger charge is 2.28. The van der Waals surface area contributed by atoms with Crippen molar-refractivity contribution in [3.8, 4) is 0 Å². The maximum Gasteiger partial charge on any atom is 0.151 e. The van der Waals surface area contributed by atoms with Gasteiger partial charge in [-0.1, -0.05) is 26.2 Å². The van der Waals surface area contributed by atoms with Gasteiger partial charge in [-0.05, 0) is 25.2 Å². The van der Waals surface area contributed by atoms with Crippen molar-refractivity contribution >= 4 is 9.84 Å². The molecule has 21 heavy (non-hydrogen) atoms. The average Bonchev–Trinajstić information content (AvgIpc) is 2.82. The van der Waals surface area contributed by atoms with Crippen molar-refractivity contribution in [1.29, 1.82) is 0 Å². The molecule has 1 aliphatic carbocycles. The van der Waals surface area contributed by atoms with Crippen LogP contribution < -0.4 is 5.32 Å². The van der Waals surface area contributed by atoms with Gasteiger partial charge in [-0.25, -0.2) is 8.42 Å². The van der Waals surface area contributed by atoms with E-state index in [2.05, 4.69) is 12.2 Å². The van der Waals surface area contributed by atoms with E-state index < -0.39 is 15.9 Å². The molecule has 0 aromatic carbocycles. The predicted molar refractivity (Wildman–Crippen MR) is 83.1 cm³/mol. The van der Waals surface area contributed by atoms with Gasteiger partial charge in [0.15, 0.2) is 9.84 Å². The van der Waals surface area contributed by atoms with Gasteiger partial charge < -0.3 is 15.2 Å². The Hall–Kier alpha value is -0.170. The van der Waals surface area contributed by atoms with Gasteiger partial charge in [0.05, 0.1) is 30.3 Å². The zero-order chi connectivity index (χ0) is 15.3. The highest BCUT2D eigenvalue weighted by atomic mass is 32.2. The summed E-state index contributed by atoms with van der Waals surface area (Å²) in [5, 5.41) is 13.1. The quantitative estimate of drug-likeness (QED) is 0.735. The van der Waals surface area contributed by atoms with E-state index in [1.54, 1.807) is 0 Å². The standard InChI is InChI=1S/C15H29NO4S/c1-2-12-5-3-4-6-15(12)20-10-14(17)9-16-13-7-8-21(18,19)11-13/h12-17H,2-11H2,1H3. The number of aliphatic hydroxyl groups excluding tert-OH is 1. The number of nitrogens with one attached hydrogen (secondary N) is 1. The third-order valence-corrected chi connectivity index (χ3v) is 6.51. The molecule has 1 aliphatic heterocycles. The maximum atomic E-state index is 11.4. The second-order valence-corrected chi connectivity index (χ2v) is 8.72. The van der Waals surface area contributed by atoms with Crippen LogP contribution in [0.3, 0.4) is 0 Å². The Kier molecular flexibility index (Phi) is 6.47. The van der Waals surface area contributed by atoms with E-state index in [0.29, 0.717) is 25.5 Å². The molecule has 1 saturated carbocycles. The lowest BCUT2D eigenvalue weighted by molar-refractivity contribution is -0.0502. The number of hydrogen-bond donors (Lipinski definition) is 2. The first-order valence-electron chi connectivity index (χ1n) is 8.23. The lowest BCUT2D eigenvalue weighted by Gasteiger charge is -2.31. The molecule has 2 N–H and O–H groups in total. The molecule has 2 aliphatic rings. The van der Waals surface area contributed by atoms with Crippen molar-refractivity contribution in [3.05, 3.63) is 0 Å². The molecule has 1 saturated heterocycles. The van der Waals surface area contributed by atoms with Crippen molar-refractivity contribution in [2.24, 2.45) is 5.92 Å². The third kappa shape index (κ3) is 5.51. The van der Waals surface area contributed by atoms with Crippen molar-refractivity contribution in [2.75, 3.05) is 24.7 Å². The van der Waals surface area contributed by atoms with Gasteiger partial charge in [0.2, 0.25) is 0 Å². The molecule has 124 valence electrons. The Labute approximate surface area is 128 Å².